The van der Waals surface area contributed by atoms with Gasteiger partial charge in [0.05, 0.1) is 19.5 Å². The Bertz CT molecular complexity index is 1620. The average Bonchev–Trinajstić information content (AvgIpc) is 3.53. The average molecular weight is 662 g/mol. The second-order valence-corrected chi connectivity index (χ2v) is 12.0. The number of phosphoric ester groups is 2. The van der Waals surface area contributed by atoms with Gasteiger partial charge < -0.3 is 45.7 Å². The van der Waals surface area contributed by atoms with Crippen molar-refractivity contribution in [3.63, 3.8) is 0 Å². The summed E-state index contributed by atoms with van der Waals surface area (Å²) in [6, 6.07) is 2.71. The number of hydrogen-bond donors (Lipinski definition) is 6. The zero-order valence-corrected chi connectivity index (χ0v) is 23.9. The third-order valence-electron chi connectivity index (χ3n) is 5.99. The number of nitrogen functional groups attached to an aromatic ring is 1. The molecule has 3 aromatic heterocycles. The molecule has 0 aliphatic carbocycles. The number of aromatic nitrogens is 5. The van der Waals surface area contributed by atoms with E-state index in [4.69, 9.17) is 20.9 Å². The molecule has 1 amide bonds. The minimum absolute atomic E-state index is 0.00401. The van der Waals surface area contributed by atoms with E-state index in [0.29, 0.717) is 0 Å². The molecule has 0 bridgehead atoms. The fourth-order valence-electron chi connectivity index (χ4n) is 3.92. The van der Waals surface area contributed by atoms with E-state index in [2.05, 4.69) is 28.3 Å². The van der Waals surface area contributed by atoms with Crippen LogP contribution in [-0.2, 0) is 41.6 Å². The van der Waals surface area contributed by atoms with Crippen molar-refractivity contribution >= 4 is 51.1 Å². The summed E-state index contributed by atoms with van der Waals surface area (Å²) in [4.78, 5) is 66.0. The van der Waals surface area contributed by atoms with E-state index in [-0.39, 0.29) is 35.1 Å². The summed E-state index contributed by atoms with van der Waals surface area (Å²) in [5.41, 5.74) is 11.3. The summed E-state index contributed by atoms with van der Waals surface area (Å²) in [6.45, 7) is -1.96. The molecule has 3 aromatic rings. The molecule has 1 aliphatic rings. The lowest BCUT2D eigenvalue weighted by Gasteiger charge is -2.20. The maximum absolute atomic E-state index is 12.4. The van der Waals surface area contributed by atoms with Gasteiger partial charge in [0.2, 0.25) is 6.29 Å². The second-order valence-electron chi connectivity index (χ2n) is 8.98. The lowest BCUT2D eigenvalue weighted by atomic mass is 10.1. The molecule has 0 saturated carbocycles. The highest BCUT2D eigenvalue weighted by molar-refractivity contribution is 7.61. The molecule has 1 fully saturated rings. The number of aldehydes is 2. The van der Waals surface area contributed by atoms with Crippen LogP contribution < -0.4 is 16.0 Å². The van der Waals surface area contributed by atoms with Gasteiger partial charge in [-0.2, -0.15) is 8.88 Å². The van der Waals surface area contributed by atoms with Gasteiger partial charge in [0.1, 0.15) is 41.8 Å². The predicted octanol–water partition coefficient (Wildman–Crippen LogP) is -2.35. The zero-order chi connectivity index (χ0) is 32.2. The van der Waals surface area contributed by atoms with Gasteiger partial charge in [-0.05, 0) is 6.07 Å². The lowest BCUT2D eigenvalue weighted by molar-refractivity contribution is -0.746. The van der Waals surface area contributed by atoms with Crippen molar-refractivity contribution in [2.45, 2.75) is 36.9 Å². The number of aliphatic hydroxyl groups excluding tert-OH is 2. The highest BCUT2D eigenvalue weighted by Crippen LogP contribution is 2.60. The number of hydrogen-bond acceptors (Lipinski definition) is 16. The van der Waals surface area contributed by atoms with Crippen molar-refractivity contribution in [3.8, 4) is 0 Å². The lowest BCUT2D eigenvalue weighted by Crippen LogP contribution is -2.45. The highest BCUT2D eigenvalue weighted by Gasteiger charge is 2.46. The first-order valence-electron chi connectivity index (χ1n) is 12.2. The molecule has 23 heteroatoms. The van der Waals surface area contributed by atoms with Gasteiger partial charge in [-0.25, -0.2) is 24.1 Å². The maximum atomic E-state index is 12.4. The summed E-state index contributed by atoms with van der Waals surface area (Å²) < 4.78 is 51.2. The monoisotopic (exact) mass is 662 g/mol. The van der Waals surface area contributed by atoms with E-state index in [1.807, 2.05) is 0 Å². The normalized spacial score (nSPS) is 24.3. The van der Waals surface area contributed by atoms with Gasteiger partial charge in [-0.1, -0.05) is 0 Å². The number of imidazole rings is 1. The van der Waals surface area contributed by atoms with Crippen LogP contribution in [0.1, 0.15) is 22.8 Å². The molecule has 8 atom stereocenters. The third-order valence-corrected chi connectivity index (χ3v) is 8.59. The van der Waals surface area contributed by atoms with Gasteiger partial charge in [-0.3, -0.25) is 23.2 Å². The standard InChI is InChI=1S/C21H25N7O14P2/c22-18-15-20(25-9-24-18)28(10-26-15)21-17(32)16(31)13(41-21)8-39-44(36,37)42-43(34,35)38-7-12(5-29)40-14(6-30)27-3-1-2-11(4-27)19(23)33/h1-6,9-10,12-14,16-17,21,31-32H,7-8H2,(H5-,22,23,24,25,33,34,35,36,37)/p+1. The molecule has 1 aliphatic heterocycles. The number of pyridine rings is 1. The quantitative estimate of drug-likeness (QED) is 0.0563. The van der Waals surface area contributed by atoms with E-state index in [0.717, 1.165) is 17.1 Å². The van der Waals surface area contributed by atoms with Crippen molar-refractivity contribution in [1.29, 1.82) is 0 Å². The van der Waals surface area contributed by atoms with Crippen molar-refractivity contribution in [3.05, 3.63) is 42.7 Å². The van der Waals surface area contributed by atoms with Crippen LogP contribution in [0.5, 0.6) is 0 Å². The van der Waals surface area contributed by atoms with Crippen molar-refractivity contribution in [1.82, 2.24) is 19.5 Å². The van der Waals surface area contributed by atoms with Crippen LogP contribution in [0.4, 0.5) is 5.82 Å². The Morgan fingerprint density at radius 1 is 1.14 bits per heavy atom. The molecule has 44 heavy (non-hydrogen) atoms. The summed E-state index contributed by atoms with van der Waals surface area (Å²) >= 11 is 0. The minimum Gasteiger partial charge on any atom is -0.387 e. The molecular weight excluding hydrogens is 636 g/mol. The van der Waals surface area contributed by atoms with E-state index < -0.39 is 71.6 Å². The maximum Gasteiger partial charge on any atom is 0.481 e. The summed E-state index contributed by atoms with van der Waals surface area (Å²) in [6.07, 6.45) is -4.06. The number of carbonyl (C=O) groups excluding carboxylic acids is 3. The largest absolute Gasteiger partial charge is 0.481 e. The number of fused-ring (bicyclic) bond motifs is 1. The Morgan fingerprint density at radius 2 is 1.86 bits per heavy atom. The first-order chi connectivity index (χ1) is 20.7. The molecular formula is C21H26N7O14P2+. The van der Waals surface area contributed by atoms with Gasteiger partial charge in [0.15, 0.2) is 36.4 Å². The molecule has 0 radical (unpaired) electrons. The molecule has 1 saturated heterocycles. The number of primary amides is 1. The molecule has 4 rings (SSSR count). The fourth-order valence-corrected chi connectivity index (χ4v) is 6.02. The number of aliphatic hydroxyl groups is 2. The number of rotatable bonds is 15. The molecule has 0 aromatic carbocycles. The molecule has 0 spiro atoms. The summed E-state index contributed by atoms with van der Waals surface area (Å²) in [5.74, 6) is -0.773. The van der Waals surface area contributed by atoms with Gasteiger partial charge in [0.25, 0.3) is 5.91 Å². The number of anilines is 1. The van der Waals surface area contributed by atoms with E-state index in [1.165, 1.54) is 29.2 Å². The van der Waals surface area contributed by atoms with E-state index in [1.54, 1.807) is 0 Å². The zero-order valence-electron chi connectivity index (χ0n) is 22.2. The van der Waals surface area contributed by atoms with Crippen LogP contribution in [0.25, 0.3) is 11.2 Å². The Kier molecular flexibility index (Phi) is 10.3. The molecule has 21 nitrogen and oxygen atoms in total. The van der Waals surface area contributed by atoms with Crippen LogP contribution in [0.3, 0.4) is 0 Å². The van der Waals surface area contributed by atoms with Gasteiger partial charge in [-0.15, -0.1) is 0 Å². The molecule has 8 unspecified atom stereocenters. The van der Waals surface area contributed by atoms with Gasteiger partial charge in [0, 0.05) is 6.07 Å². The van der Waals surface area contributed by atoms with Crippen molar-refractivity contribution in [2.24, 2.45) is 5.73 Å². The fraction of sp³-hybridized carbons (Fsp3) is 0.381. The summed E-state index contributed by atoms with van der Waals surface area (Å²) in [5, 5.41) is 20.9. The third kappa shape index (κ3) is 7.73. The second kappa shape index (κ2) is 13.6. The Labute approximate surface area is 246 Å². The van der Waals surface area contributed by atoms with E-state index in [9.17, 15) is 43.5 Å². The Balaban J connectivity index is 1.32. The first-order valence-corrected chi connectivity index (χ1v) is 15.2. The van der Waals surface area contributed by atoms with Crippen molar-refractivity contribution in [2.75, 3.05) is 18.9 Å². The van der Waals surface area contributed by atoms with Crippen LogP contribution >= 0.6 is 15.6 Å². The topological polar surface area (TPSA) is 312 Å². The highest BCUT2D eigenvalue weighted by atomic mass is 31.3. The molecule has 238 valence electrons. The van der Waals surface area contributed by atoms with Crippen LogP contribution in [0, 0.1) is 0 Å². The van der Waals surface area contributed by atoms with Gasteiger partial charge >= 0.3 is 21.9 Å². The van der Waals surface area contributed by atoms with E-state index >= 15 is 0 Å². The smallest absolute Gasteiger partial charge is 0.387 e. The number of nitrogens with two attached hydrogens (primary N) is 2. The number of ether oxygens (including phenoxy) is 2. The molecule has 8 N–H and O–H groups in total. The first kappa shape index (κ1) is 33.3. The number of amides is 1. The number of phosphoric acid groups is 2. The Hall–Kier alpha value is -3.59. The number of carbonyl (C=O) groups is 3. The van der Waals surface area contributed by atoms with Crippen LogP contribution in [0.15, 0.2) is 37.2 Å². The minimum atomic E-state index is -5.42. The van der Waals surface area contributed by atoms with Crippen molar-refractivity contribution < 1.29 is 70.9 Å². The SMILES string of the molecule is NC(=O)c1ccc[n+](C(C=O)OC(C=O)COP(=O)(O)OP(=O)(O)OCC2OC(n3cnc4c(N)ncnc43)C(O)C2O)c1. The molecule has 4 heterocycles. The van der Waals surface area contributed by atoms with Crippen LogP contribution in [-0.4, -0.2) is 95.6 Å². The number of nitrogens with zero attached hydrogens (tertiary/aromatic N) is 5. The Morgan fingerprint density at radius 3 is 2.55 bits per heavy atom. The predicted molar refractivity (Wildman–Crippen MR) is 139 cm³/mol. The summed E-state index contributed by atoms with van der Waals surface area (Å²) in [7, 11) is -10.8. The van der Waals surface area contributed by atoms with Crippen LogP contribution in [0.2, 0.25) is 0 Å².